The van der Waals surface area contributed by atoms with E-state index in [4.69, 9.17) is 4.74 Å². The molecule has 0 radical (unpaired) electrons. The van der Waals surface area contributed by atoms with Gasteiger partial charge >= 0.3 is 6.09 Å². The Balaban J connectivity index is 2.50. The van der Waals surface area contributed by atoms with Crippen LogP contribution in [0.5, 0.6) is 0 Å². The maximum Gasteiger partial charge on any atom is 0.410 e. The van der Waals surface area contributed by atoms with Gasteiger partial charge in [-0.2, -0.15) is 0 Å². The fourth-order valence-corrected chi connectivity index (χ4v) is 2.54. The first-order valence-corrected chi connectivity index (χ1v) is 8.35. The van der Waals surface area contributed by atoms with Gasteiger partial charge in [-0.3, -0.25) is 9.59 Å². The highest BCUT2D eigenvalue weighted by molar-refractivity contribution is 5.90. The van der Waals surface area contributed by atoms with Crippen LogP contribution in [0, 0.1) is 0 Å². The number of likely N-dealkylation sites (tertiary alicyclic amines) is 1. The van der Waals surface area contributed by atoms with E-state index < -0.39 is 5.60 Å². The number of nitrogens with zero attached hydrogens (tertiary/aromatic N) is 2. The minimum atomic E-state index is -0.542. The lowest BCUT2D eigenvalue weighted by Crippen LogP contribution is -2.47. The Morgan fingerprint density at radius 3 is 2.58 bits per heavy atom. The highest BCUT2D eigenvalue weighted by atomic mass is 16.6. The summed E-state index contributed by atoms with van der Waals surface area (Å²) >= 11 is 0. The van der Waals surface area contributed by atoms with Gasteiger partial charge < -0.3 is 19.9 Å². The molecule has 7 nitrogen and oxygen atoms in total. The average molecular weight is 339 g/mol. The maximum absolute atomic E-state index is 12.2. The predicted molar refractivity (Wildman–Crippen MR) is 91.4 cm³/mol. The Bertz CT molecular complexity index is 485. The molecule has 24 heavy (non-hydrogen) atoms. The number of likely N-dealkylation sites (N-methyl/N-ethyl adjacent to an activating group) is 1. The van der Waals surface area contributed by atoms with Crippen molar-refractivity contribution in [1.29, 1.82) is 0 Å². The number of carbonyl (C=O) groups excluding carboxylic acids is 3. The Morgan fingerprint density at radius 2 is 2.04 bits per heavy atom. The molecule has 1 aliphatic heterocycles. The van der Waals surface area contributed by atoms with Crippen LogP contribution in [0.25, 0.3) is 0 Å². The first kappa shape index (κ1) is 20.0. The normalized spacial score (nSPS) is 17.3. The molecule has 1 fully saturated rings. The predicted octanol–water partition coefficient (Wildman–Crippen LogP) is 1.54. The molecule has 3 amide bonds. The fourth-order valence-electron chi connectivity index (χ4n) is 2.54. The summed E-state index contributed by atoms with van der Waals surface area (Å²) in [6.07, 6.45) is 2.55. The molecule has 0 aromatic carbocycles. The maximum atomic E-state index is 12.2. The SMILES string of the molecule is C=CC(=O)N(CC)CC(=O)NCC1CCCN1C(=O)OC(C)(C)C. The minimum absolute atomic E-state index is 0.0134. The van der Waals surface area contributed by atoms with Crippen LogP contribution in [0.2, 0.25) is 0 Å². The Labute approximate surface area is 144 Å². The molecule has 1 heterocycles. The molecule has 136 valence electrons. The second-order valence-corrected chi connectivity index (χ2v) is 6.83. The van der Waals surface area contributed by atoms with E-state index in [2.05, 4.69) is 11.9 Å². The van der Waals surface area contributed by atoms with Crippen LogP contribution in [0.4, 0.5) is 4.79 Å². The quantitative estimate of drug-likeness (QED) is 0.745. The van der Waals surface area contributed by atoms with Crippen molar-refractivity contribution in [2.24, 2.45) is 0 Å². The van der Waals surface area contributed by atoms with E-state index in [0.717, 1.165) is 12.8 Å². The number of amides is 3. The number of hydrogen-bond acceptors (Lipinski definition) is 4. The smallest absolute Gasteiger partial charge is 0.410 e. The van der Waals surface area contributed by atoms with E-state index in [1.807, 2.05) is 20.8 Å². The van der Waals surface area contributed by atoms with Crippen molar-refractivity contribution in [2.75, 3.05) is 26.2 Å². The first-order valence-electron chi connectivity index (χ1n) is 8.35. The van der Waals surface area contributed by atoms with Crippen LogP contribution in [-0.2, 0) is 14.3 Å². The summed E-state index contributed by atoms with van der Waals surface area (Å²) in [6, 6.07) is -0.0750. The molecule has 0 saturated carbocycles. The molecule has 1 unspecified atom stereocenters. The molecule has 7 heteroatoms. The number of rotatable bonds is 6. The van der Waals surface area contributed by atoms with E-state index in [0.29, 0.717) is 19.6 Å². The Kier molecular flexibility index (Phi) is 7.25. The van der Waals surface area contributed by atoms with Gasteiger partial charge in [-0.05, 0) is 46.6 Å². The summed E-state index contributed by atoms with van der Waals surface area (Å²) in [4.78, 5) is 38.9. The molecular weight excluding hydrogens is 310 g/mol. The van der Waals surface area contributed by atoms with Crippen molar-refractivity contribution in [3.63, 3.8) is 0 Å². The van der Waals surface area contributed by atoms with Crippen LogP contribution in [0.1, 0.15) is 40.5 Å². The zero-order valence-electron chi connectivity index (χ0n) is 15.1. The van der Waals surface area contributed by atoms with Crippen LogP contribution in [-0.4, -0.2) is 65.5 Å². The van der Waals surface area contributed by atoms with Crippen molar-refractivity contribution in [1.82, 2.24) is 15.1 Å². The van der Waals surface area contributed by atoms with Gasteiger partial charge in [-0.1, -0.05) is 6.58 Å². The lowest BCUT2D eigenvalue weighted by Gasteiger charge is -2.29. The molecule has 0 aromatic rings. The van der Waals surface area contributed by atoms with E-state index in [1.54, 1.807) is 11.8 Å². The van der Waals surface area contributed by atoms with Crippen molar-refractivity contribution in [2.45, 2.75) is 52.2 Å². The van der Waals surface area contributed by atoms with Crippen molar-refractivity contribution in [3.05, 3.63) is 12.7 Å². The molecule has 0 aliphatic carbocycles. The Morgan fingerprint density at radius 1 is 1.38 bits per heavy atom. The van der Waals surface area contributed by atoms with Gasteiger partial charge in [-0.25, -0.2) is 4.79 Å². The van der Waals surface area contributed by atoms with Gasteiger partial charge in [0.2, 0.25) is 11.8 Å². The molecular formula is C17H29N3O4. The van der Waals surface area contributed by atoms with Crippen molar-refractivity contribution < 1.29 is 19.1 Å². The summed E-state index contributed by atoms with van der Waals surface area (Å²) < 4.78 is 5.40. The van der Waals surface area contributed by atoms with E-state index in [9.17, 15) is 14.4 Å². The largest absolute Gasteiger partial charge is 0.444 e. The van der Waals surface area contributed by atoms with Crippen molar-refractivity contribution >= 4 is 17.9 Å². The number of carbonyl (C=O) groups is 3. The number of nitrogens with one attached hydrogen (secondary N) is 1. The van der Waals surface area contributed by atoms with E-state index >= 15 is 0 Å². The molecule has 1 N–H and O–H groups in total. The third-order valence-corrected chi connectivity index (χ3v) is 3.74. The summed E-state index contributed by atoms with van der Waals surface area (Å²) in [5, 5.41) is 2.80. The molecule has 1 rings (SSSR count). The Hall–Kier alpha value is -2.05. The van der Waals surface area contributed by atoms with E-state index in [-0.39, 0.29) is 30.5 Å². The van der Waals surface area contributed by atoms with Gasteiger partial charge in [-0.15, -0.1) is 0 Å². The third-order valence-electron chi connectivity index (χ3n) is 3.74. The van der Waals surface area contributed by atoms with Crippen molar-refractivity contribution in [3.8, 4) is 0 Å². The van der Waals surface area contributed by atoms with Gasteiger partial charge in [0.1, 0.15) is 5.60 Å². The minimum Gasteiger partial charge on any atom is -0.444 e. The van der Waals surface area contributed by atoms with Gasteiger partial charge in [0.05, 0.1) is 12.6 Å². The number of ether oxygens (including phenoxy) is 1. The third kappa shape index (κ3) is 6.22. The average Bonchev–Trinajstić information content (AvgIpc) is 2.96. The monoisotopic (exact) mass is 339 g/mol. The molecule has 0 spiro atoms. The molecule has 0 aromatic heterocycles. The molecule has 1 saturated heterocycles. The fraction of sp³-hybridized carbons (Fsp3) is 0.706. The summed E-state index contributed by atoms with van der Waals surface area (Å²) in [7, 11) is 0. The zero-order chi connectivity index (χ0) is 18.3. The highest BCUT2D eigenvalue weighted by Crippen LogP contribution is 2.20. The standard InChI is InChI=1S/C17H29N3O4/c1-6-15(22)19(7-2)12-14(21)18-11-13-9-8-10-20(13)16(23)24-17(3,4)5/h6,13H,1,7-12H2,2-5H3,(H,18,21). The summed E-state index contributed by atoms with van der Waals surface area (Å²) in [5.41, 5.74) is -0.542. The second-order valence-electron chi connectivity index (χ2n) is 6.83. The topological polar surface area (TPSA) is 79.0 Å². The van der Waals surface area contributed by atoms with Crippen LogP contribution in [0.15, 0.2) is 12.7 Å². The van der Waals surface area contributed by atoms with Gasteiger partial charge in [0, 0.05) is 19.6 Å². The van der Waals surface area contributed by atoms with Gasteiger partial charge in [0.15, 0.2) is 0 Å². The molecule has 0 bridgehead atoms. The van der Waals surface area contributed by atoms with Crippen LogP contribution >= 0.6 is 0 Å². The van der Waals surface area contributed by atoms with Crippen LogP contribution < -0.4 is 5.32 Å². The summed E-state index contributed by atoms with van der Waals surface area (Å²) in [5.74, 6) is -0.521. The molecule has 1 aliphatic rings. The van der Waals surface area contributed by atoms with Gasteiger partial charge in [0.25, 0.3) is 0 Å². The second kappa shape index (κ2) is 8.70. The first-order chi connectivity index (χ1) is 11.2. The lowest BCUT2D eigenvalue weighted by atomic mass is 10.2. The summed E-state index contributed by atoms with van der Waals surface area (Å²) in [6.45, 7) is 12.1. The van der Waals surface area contributed by atoms with E-state index in [1.165, 1.54) is 11.0 Å². The zero-order valence-corrected chi connectivity index (χ0v) is 15.1. The lowest BCUT2D eigenvalue weighted by molar-refractivity contribution is -0.132. The number of hydrogen-bond donors (Lipinski definition) is 1. The molecule has 1 atom stereocenters. The highest BCUT2D eigenvalue weighted by Gasteiger charge is 2.32. The van der Waals surface area contributed by atoms with Crippen LogP contribution in [0.3, 0.4) is 0 Å².